The molecule has 0 amide bonds. The van der Waals surface area contributed by atoms with Gasteiger partial charge in [-0.05, 0) is 75.1 Å². The molecule has 3 aromatic rings. The summed E-state index contributed by atoms with van der Waals surface area (Å²) < 4.78 is 12.1. The lowest BCUT2D eigenvalue weighted by Gasteiger charge is -2.14. The van der Waals surface area contributed by atoms with Gasteiger partial charge >= 0.3 is 5.97 Å². The molecule has 0 aliphatic carbocycles. The van der Waals surface area contributed by atoms with Gasteiger partial charge in [-0.2, -0.15) is 5.26 Å². The van der Waals surface area contributed by atoms with Gasteiger partial charge in [0.2, 0.25) is 0 Å². The van der Waals surface area contributed by atoms with E-state index in [2.05, 4.69) is 22.0 Å². The largest absolute Gasteiger partial charge is 0.493 e. The Balaban J connectivity index is 1.88. The molecule has 0 aromatic heterocycles. The second kappa shape index (κ2) is 10.6. The van der Waals surface area contributed by atoms with Gasteiger partial charge in [0, 0.05) is 0 Å². The van der Waals surface area contributed by atoms with Gasteiger partial charge in [-0.3, -0.25) is 0 Å². The number of nitriles is 1. The van der Waals surface area contributed by atoms with Crippen LogP contribution in [0.25, 0.3) is 11.6 Å². The zero-order chi connectivity index (χ0) is 23.3. The Morgan fingerprint density at radius 3 is 2.38 bits per heavy atom. The van der Waals surface area contributed by atoms with E-state index < -0.39 is 5.97 Å². The predicted molar refractivity (Wildman–Crippen MR) is 128 cm³/mol. The molecule has 32 heavy (non-hydrogen) atoms. The van der Waals surface area contributed by atoms with Gasteiger partial charge in [0.05, 0.1) is 38.8 Å². The molecule has 0 aliphatic rings. The number of halogens is 3. The van der Waals surface area contributed by atoms with E-state index in [1.165, 1.54) is 19.2 Å². The van der Waals surface area contributed by atoms with Gasteiger partial charge in [0.1, 0.15) is 6.61 Å². The van der Waals surface area contributed by atoms with Crippen LogP contribution in [0.5, 0.6) is 11.5 Å². The van der Waals surface area contributed by atoms with E-state index in [1.54, 1.807) is 42.5 Å². The second-order valence-corrected chi connectivity index (χ2v) is 8.29. The monoisotopic (exact) mass is 531 g/mol. The number of methoxy groups -OCH3 is 1. The molecule has 1 N–H and O–H groups in total. The molecular weight excluding hydrogens is 517 g/mol. The summed E-state index contributed by atoms with van der Waals surface area (Å²) in [6.45, 7) is 0.250. The Labute approximate surface area is 203 Å². The Hall–Kier alpha value is -2.98. The standard InChI is InChI=1S/C24H16BrCl2NO4/c1-31-22-11-15(8-18(12-28)16-3-5-17(6-4-16)24(29)30)9-19(25)23(22)32-13-14-2-7-20(26)21(27)10-14/h2-11H,13H2,1H3,(H,29,30)/b18-8-. The molecular formula is C24H16BrCl2NO4. The average Bonchev–Trinajstić information content (AvgIpc) is 2.78. The van der Waals surface area contributed by atoms with Crippen LogP contribution >= 0.6 is 39.1 Å². The van der Waals surface area contributed by atoms with Crippen molar-refractivity contribution in [2.75, 3.05) is 7.11 Å². The zero-order valence-electron chi connectivity index (χ0n) is 16.7. The molecule has 0 aliphatic heterocycles. The highest BCUT2D eigenvalue weighted by molar-refractivity contribution is 9.10. The molecule has 0 atom stereocenters. The number of hydrogen-bond acceptors (Lipinski definition) is 4. The third-order valence-electron chi connectivity index (χ3n) is 4.49. The molecule has 0 fully saturated rings. The number of carbonyl (C=O) groups is 1. The van der Waals surface area contributed by atoms with Gasteiger partial charge in [0.15, 0.2) is 11.5 Å². The molecule has 0 heterocycles. The van der Waals surface area contributed by atoms with Crippen molar-refractivity contribution in [3.63, 3.8) is 0 Å². The van der Waals surface area contributed by atoms with E-state index in [0.29, 0.717) is 42.7 Å². The van der Waals surface area contributed by atoms with Gasteiger partial charge in [0.25, 0.3) is 0 Å². The summed E-state index contributed by atoms with van der Waals surface area (Å²) in [6.07, 6.45) is 1.69. The number of carboxylic acid groups (broad SMARTS) is 1. The maximum atomic E-state index is 11.0. The molecule has 3 rings (SSSR count). The maximum absolute atomic E-state index is 11.0. The lowest BCUT2D eigenvalue weighted by molar-refractivity contribution is 0.0697. The Morgan fingerprint density at radius 1 is 1.09 bits per heavy atom. The summed E-state index contributed by atoms with van der Waals surface area (Å²) >= 11 is 15.5. The minimum Gasteiger partial charge on any atom is -0.493 e. The van der Waals surface area contributed by atoms with Crippen LogP contribution < -0.4 is 9.47 Å². The molecule has 5 nitrogen and oxygen atoms in total. The van der Waals surface area contributed by atoms with Crippen molar-refractivity contribution in [1.29, 1.82) is 5.26 Å². The van der Waals surface area contributed by atoms with E-state index in [-0.39, 0.29) is 12.2 Å². The van der Waals surface area contributed by atoms with Gasteiger partial charge in [-0.1, -0.05) is 41.4 Å². The zero-order valence-corrected chi connectivity index (χ0v) is 19.8. The van der Waals surface area contributed by atoms with Crippen molar-refractivity contribution < 1.29 is 19.4 Å². The highest BCUT2D eigenvalue weighted by atomic mass is 79.9. The number of hydrogen-bond donors (Lipinski definition) is 1. The Morgan fingerprint density at radius 2 is 1.78 bits per heavy atom. The Kier molecular flexibility index (Phi) is 7.81. The van der Waals surface area contributed by atoms with Gasteiger partial charge in [-0.25, -0.2) is 4.79 Å². The minimum atomic E-state index is -1.02. The van der Waals surface area contributed by atoms with E-state index in [0.717, 1.165) is 5.56 Å². The molecule has 0 spiro atoms. The molecule has 0 unspecified atom stereocenters. The van der Waals surface area contributed by atoms with Crippen LogP contribution in [0.1, 0.15) is 27.0 Å². The van der Waals surface area contributed by atoms with Crippen LogP contribution in [0.3, 0.4) is 0 Å². The first-order valence-corrected chi connectivity index (χ1v) is 10.8. The van der Waals surface area contributed by atoms with Crippen LogP contribution in [-0.2, 0) is 6.61 Å². The lowest BCUT2D eigenvalue weighted by Crippen LogP contribution is -1.99. The van der Waals surface area contributed by atoms with Crippen molar-refractivity contribution in [2.45, 2.75) is 6.61 Å². The minimum absolute atomic E-state index is 0.152. The van der Waals surface area contributed by atoms with Crippen LogP contribution in [0, 0.1) is 11.3 Å². The first-order chi connectivity index (χ1) is 15.3. The number of allylic oxidation sites excluding steroid dienone is 1. The summed E-state index contributed by atoms with van der Waals surface area (Å²) in [5.74, 6) is -0.0478. The van der Waals surface area contributed by atoms with E-state index in [9.17, 15) is 10.1 Å². The fraction of sp³-hybridized carbons (Fsp3) is 0.0833. The van der Waals surface area contributed by atoms with Crippen molar-refractivity contribution in [1.82, 2.24) is 0 Å². The number of nitrogens with zero attached hydrogens (tertiary/aromatic N) is 1. The lowest BCUT2D eigenvalue weighted by atomic mass is 10.0. The summed E-state index contributed by atoms with van der Waals surface area (Å²) in [6, 6.07) is 17.1. The molecule has 0 radical (unpaired) electrons. The van der Waals surface area contributed by atoms with E-state index >= 15 is 0 Å². The van der Waals surface area contributed by atoms with Crippen LogP contribution in [0.4, 0.5) is 0 Å². The van der Waals surface area contributed by atoms with Crippen molar-refractivity contribution in [3.8, 4) is 17.6 Å². The van der Waals surface area contributed by atoms with Gasteiger partial charge in [-0.15, -0.1) is 0 Å². The fourth-order valence-electron chi connectivity index (χ4n) is 2.89. The highest BCUT2D eigenvalue weighted by Gasteiger charge is 2.13. The molecule has 0 saturated carbocycles. The predicted octanol–water partition coefficient (Wildman–Crippen LogP) is 7.11. The molecule has 0 saturated heterocycles. The number of rotatable bonds is 7. The fourth-order valence-corrected chi connectivity index (χ4v) is 3.78. The van der Waals surface area contributed by atoms with Crippen LogP contribution in [-0.4, -0.2) is 18.2 Å². The highest BCUT2D eigenvalue weighted by Crippen LogP contribution is 2.38. The molecule has 0 bridgehead atoms. The van der Waals surface area contributed by atoms with Crippen molar-refractivity contribution >= 4 is 56.8 Å². The summed E-state index contributed by atoms with van der Waals surface area (Å²) in [7, 11) is 1.52. The quantitative estimate of drug-likeness (QED) is 0.259. The summed E-state index contributed by atoms with van der Waals surface area (Å²) in [4.78, 5) is 11.0. The summed E-state index contributed by atoms with van der Waals surface area (Å²) in [5.41, 5.74) is 2.68. The van der Waals surface area contributed by atoms with E-state index in [4.69, 9.17) is 37.8 Å². The average molecular weight is 533 g/mol. The third-order valence-corrected chi connectivity index (χ3v) is 5.82. The molecule has 162 valence electrons. The maximum Gasteiger partial charge on any atom is 0.335 e. The number of carboxylic acids is 1. The second-order valence-electron chi connectivity index (χ2n) is 6.62. The SMILES string of the molecule is COc1cc(/C=C(/C#N)c2ccc(C(=O)O)cc2)cc(Br)c1OCc1ccc(Cl)c(Cl)c1. The van der Waals surface area contributed by atoms with E-state index in [1.807, 2.05) is 6.07 Å². The van der Waals surface area contributed by atoms with Crippen LogP contribution in [0.2, 0.25) is 10.0 Å². The van der Waals surface area contributed by atoms with Crippen molar-refractivity contribution in [2.24, 2.45) is 0 Å². The first-order valence-electron chi connectivity index (χ1n) is 9.22. The normalized spacial score (nSPS) is 11.0. The number of benzene rings is 3. The number of ether oxygens (including phenoxy) is 2. The first kappa shape index (κ1) is 23.7. The topological polar surface area (TPSA) is 79.5 Å². The van der Waals surface area contributed by atoms with Gasteiger partial charge < -0.3 is 14.6 Å². The molecule has 8 heteroatoms. The molecule has 3 aromatic carbocycles. The smallest absolute Gasteiger partial charge is 0.335 e. The van der Waals surface area contributed by atoms with Crippen LogP contribution in [0.15, 0.2) is 59.1 Å². The number of aromatic carboxylic acids is 1. The third kappa shape index (κ3) is 5.63. The van der Waals surface area contributed by atoms with Crippen molar-refractivity contribution in [3.05, 3.63) is 91.4 Å². The Bertz CT molecular complexity index is 1230. The summed E-state index contributed by atoms with van der Waals surface area (Å²) in [5, 5.41) is 19.6.